The van der Waals surface area contributed by atoms with Crippen molar-refractivity contribution in [2.24, 2.45) is 13.0 Å². The highest BCUT2D eigenvalue weighted by Crippen LogP contribution is 2.31. The summed E-state index contributed by atoms with van der Waals surface area (Å²) < 4.78 is 3.48. The molecule has 2 unspecified atom stereocenters. The van der Waals surface area contributed by atoms with E-state index in [1.807, 2.05) is 19.3 Å². The van der Waals surface area contributed by atoms with Crippen molar-refractivity contribution >= 4 is 11.6 Å². The molecule has 33 heavy (non-hydrogen) atoms. The zero-order valence-electron chi connectivity index (χ0n) is 17.8. The molecule has 1 amide bonds. The lowest BCUT2D eigenvalue weighted by Crippen LogP contribution is -2.28. The Morgan fingerprint density at radius 3 is 3.03 bits per heavy atom. The summed E-state index contributed by atoms with van der Waals surface area (Å²) in [6.45, 7) is 1.00. The largest absolute Gasteiger partial charge is 0.465 e. The fourth-order valence-corrected chi connectivity index (χ4v) is 4.19. The zero-order chi connectivity index (χ0) is 22.9. The lowest BCUT2D eigenvalue weighted by atomic mass is 10.00. The second-order valence-corrected chi connectivity index (χ2v) is 8.03. The summed E-state index contributed by atoms with van der Waals surface area (Å²) in [7, 11) is 1.85. The summed E-state index contributed by atoms with van der Waals surface area (Å²) in [4.78, 5) is 20.2. The van der Waals surface area contributed by atoms with Crippen molar-refractivity contribution < 1.29 is 9.90 Å². The van der Waals surface area contributed by atoms with E-state index in [4.69, 9.17) is 10.1 Å². The first kappa shape index (κ1) is 20.6. The van der Waals surface area contributed by atoms with Crippen molar-refractivity contribution in [1.29, 1.82) is 5.26 Å². The number of aromatic nitrogens is 6. The van der Waals surface area contributed by atoms with Crippen molar-refractivity contribution in [3.8, 4) is 28.7 Å². The molecule has 4 aromatic heterocycles. The van der Waals surface area contributed by atoms with Gasteiger partial charge in [0.1, 0.15) is 11.8 Å². The molecule has 0 saturated carbocycles. The van der Waals surface area contributed by atoms with Crippen LogP contribution in [0, 0.1) is 17.2 Å². The third-order valence-electron chi connectivity index (χ3n) is 5.77. The Bertz CT molecular complexity index is 1380. The summed E-state index contributed by atoms with van der Waals surface area (Å²) in [5.74, 6) is 0.126. The van der Waals surface area contributed by atoms with E-state index < -0.39 is 6.09 Å². The van der Waals surface area contributed by atoms with Crippen LogP contribution in [0.15, 0.2) is 43.0 Å². The van der Waals surface area contributed by atoms with Gasteiger partial charge in [0.25, 0.3) is 0 Å². The fourth-order valence-electron chi connectivity index (χ4n) is 4.19. The number of carboxylic acid groups (broad SMARTS) is 1. The molecule has 0 spiro atoms. The standard InChI is InChI=1S/C22H21N9O2/c1-30-12-15(11-27-30)17-7-19-21(24-4-5-31(19)29-17)16-3-2-14(8-23)20(28-16)18-6-13(9-25-18)10-26-22(32)33/h2-5,7,11-13,18,25-26H,6,9-10H2,1H3,(H,32,33). The summed E-state index contributed by atoms with van der Waals surface area (Å²) in [6.07, 6.45) is 6.75. The minimum Gasteiger partial charge on any atom is -0.465 e. The second-order valence-electron chi connectivity index (χ2n) is 8.03. The van der Waals surface area contributed by atoms with Gasteiger partial charge in [0, 0.05) is 44.3 Å². The molecule has 1 saturated heterocycles. The number of nitrogens with one attached hydrogen (secondary N) is 2. The van der Waals surface area contributed by atoms with E-state index >= 15 is 0 Å². The van der Waals surface area contributed by atoms with Gasteiger partial charge in [0.2, 0.25) is 0 Å². The maximum atomic E-state index is 10.8. The van der Waals surface area contributed by atoms with Crippen LogP contribution in [0.2, 0.25) is 0 Å². The molecular formula is C22H21N9O2. The Morgan fingerprint density at radius 1 is 1.39 bits per heavy atom. The number of nitrogens with zero attached hydrogens (tertiary/aromatic N) is 7. The number of fused-ring (bicyclic) bond motifs is 1. The molecule has 5 heterocycles. The molecule has 5 rings (SSSR count). The molecular weight excluding hydrogens is 422 g/mol. The second kappa shape index (κ2) is 8.33. The van der Waals surface area contributed by atoms with Gasteiger partial charge >= 0.3 is 6.09 Å². The Balaban J connectivity index is 1.50. The smallest absolute Gasteiger partial charge is 0.404 e. The van der Waals surface area contributed by atoms with Crippen LogP contribution < -0.4 is 10.6 Å². The van der Waals surface area contributed by atoms with Crippen LogP contribution in [0.1, 0.15) is 23.7 Å². The first-order valence-corrected chi connectivity index (χ1v) is 10.5. The van der Waals surface area contributed by atoms with Gasteiger partial charge in [-0.3, -0.25) is 9.67 Å². The fraction of sp³-hybridized carbons (Fsp3) is 0.273. The molecule has 1 aliphatic rings. The molecule has 1 aliphatic heterocycles. The normalized spacial score (nSPS) is 17.8. The molecule has 0 bridgehead atoms. The number of amides is 1. The van der Waals surface area contributed by atoms with Crippen LogP contribution >= 0.6 is 0 Å². The lowest BCUT2D eigenvalue weighted by Gasteiger charge is -2.14. The van der Waals surface area contributed by atoms with Crippen LogP contribution in [0.4, 0.5) is 4.79 Å². The Kier molecular flexibility index (Phi) is 5.20. The van der Waals surface area contributed by atoms with Gasteiger partial charge in [-0.1, -0.05) is 0 Å². The van der Waals surface area contributed by atoms with Gasteiger partial charge in [0.05, 0.1) is 40.4 Å². The summed E-state index contributed by atoms with van der Waals surface area (Å²) in [6, 6.07) is 7.57. The van der Waals surface area contributed by atoms with Crippen LogP contribution in [-0.2, 0) is 7.05 Å². The number of pyridine rings is 1. The molecule has 0 aromatic carbocycles. The molecule has 11 heteroatoms. The summed E-state index contributed by atoms with van der Waals surface area (Å²) in [5, 5.41) is 33.1. The summed E-state index contributed by atoms with van der Waals surface area (Å²) in [5.41, 5.74) is 4.90. The highest BCUT2D eigenvalue weighted by atomic mass is 16.4. The predicted molar refractivity (Wildman–Crippen MR) is 118 cm³/mol. The first-order chi connectivity index (χ1) is 16.0. The molecule has 0 radical (unpaired) electrons. The molecule has 4 aromatic rings. The maximum Gasteiger partial charge on any atom is 0.404 e. The van der Waals surface area contributed by atoms with Gasteiger partial charge < -0.3 is 15.7 Å². The number of nitriles is 1. The topological polar surface area (TPSA) is 146 Å². The number of carbonyl (C=O) groups is 1. The average Bonchev–Trinajstić information content (AvgIpc) is 3.56. The Morgan fingerprint density at radius 2 is 2.27 bits per heavy atom. The van der Waals surface area contributed by atoms with Gasteiger partial charge in [-0.15, -0.1) is 0 Å². The van der Waals surface area contributed by atoms with E-state index in [1.165, 1.54) is 0 Å². The molecule has 2 atom stereocenters. The van der Waals surface area contributed by atoms with Crippen molar-refractivity contribution in [2.75, 3.05) is 13.1 Å². The number of aryl methyl sites for hydroxylation is 1. The minimum absolute atomic E-state index is 0.126. The monoisotopic (exact) mass is 443 g/mol. The van der Waals surface area contributed by atoms with E-state index in [0.717, 1.165) is 16.8 Å². The van der Waals surface area contributed by atoms with E-state index in [0.29, 0.717) is 42.2 Å². The molecule has 1 fully saturated rings. The first-order valence-electron chi connectivity index (χ1n) is 10.5. The highest BCUT2D eigenvalue weighted by Gasteiger charge is 2.29. The molecule has 0 aliphatic carbocycles. The molecule has 3 N–H and O–H groups in total. The SMILES string of the molecule is Cn1cc(-c2cc3c(-c4ccc(C#N)c(C5CC(CNC(=O)O)CN5)n4)nccn3n2)cn1. The number of rotatable bonds is 5. The maximum absolute atomic E-state index is 10.8. The van der Waals surface area contributed by atoms with Crippen LogP contribution in [0.25, 0.3) is 28.2 Å². The van der Waals surface area contributed by atoms with E-state index in [1.54, 1.807) is 39.9 Å². The quantitative estimate of drug-likeness (QED) is 0.424. The van der Waals surface area contributed by atoms with Crippen molar-refractivity contribution in [3.63, 3.8) is 0 Å². The van der Waals surface area contributed by atoms with Gasteiger partial charge in [0.15, 0.2) is 0 Å². The summed E-state index contributed by atoms with van der Waals surface area (Å²) >= 11 is 0. The molecule has 166 valence electrons. The van der Waals surface area contributed by atoms with Gasteiger partial charge in [-0.25, -0.2) is 14.3 Å². The van der Waals surface area contributed by atoms with Crippen LogP contribution in [0.3, 0.4) is 0 Å². The number of hydrogen-bond acceptors (Lipinski definition) is 7. The van der Waals surface area contributed by atoms with Crippen LogP contribution in [0.5, 0.6) is 0 Å². The zero-order valence-corrected chi connectivity index (χ0v) is 17.8. The Hall–Kier alpha value is -4.30. The van der Waals surface area contributed by atoms with Gasteiger partial charge in [-0.2, -0.15) is 15.5 Å². The predicted octanol–water partition coefficient (Wildman–Crippen LogP) is 1.98. The van der Waals surface area contributed by atoms with E-state index in [-0.39, 0.29) is 12.0 Å². The Labute approximate surface area is 188 Å². The lowest BCUT2D eigenvalue weighted by molar-refractivity contribution is 0.192. The van der Waals surface area contributed by atoms with E-state index in [2.05, 4.69) is 31.9 Å². The molecule has 11 nitrogen and oxygen atoms in total. The third-order valence-corrected chi connectivity index (χ3v) is 5.77. The number of hydrogen-bond donors (Lipinski definition) is 3. The average molecular weight is 443 g/mol. The van der Waals surface area contributed by atoms with Crippen molar-refractivity contribution in [3.05, 3.63) is 54.2 Å². The van der Waals surface area contributed by atoms with E-state index in [9.17, 15) is 10.1 Å². The van der Waals surface area contributed by atoms with Gasteiger partial charge in [-0.05, 0) is 30.5 Å². The minimum atomic E-state index is -1.04. The third kappa shape index (κ3) is 3.99. The van der Waals surface area contributed by atoms with Crippen molar-refractivity contribution in [2.45, 2.75) is 12.5 Å². The highest BCUT2D eigenvalue weighted by molar-refractivity contribution is 5.78. The van der Waals surface area contributed by atoms with Crippen molar-refractivity contribution in [1.82, 2.24) is 40.0 Å². The van der Waals surface area contributed by atoms with Crippen LogP contribution in [-0.4, -0.2) is 53.7 Å².